The molecule has 0 aliphatic carbocycles. The number of aromatic amines is 1. The maximum atomic E-state index is 5.92. The molecule has 0 saturated heterocycles. The summed E-state index contributed by atoms with van der Waals surface area (Å²) in [4.78, 5) is 18.5. The Balaban J connectivity index is 2.34. The molecule has 3 rings (SSSR count). The fraction of sp³-hybridized carbons (Fsp3) is 0.267. The van der Waals surface area contributed by atoms with Crippen LogP contribution in [0.5, 0.6) is 0 Å². The van der Waals surface area contributed by atoms with Gasteiger partial charge in [-0.3, -0.25) is 0 Å². The van der Waals surface area contributed by atoms with Gasteiger partial charge >= 0.3 is 0 Å². The first kappa shape index (κ1) is 13.4. The van der Waals surface area contributed by atoms with Crippen molar-refractivity contribution in [2.75, 3.05) is 24.7 Å². The van der Waals surface area contributed by atoms with E-state index in [0.717, 1.165) is 33.5 Å². The van der Waals surface area contributed by atoms with Gasteiger partial charge in [-0.05, 0) is 31.5 Å². The van der Waals surface area contributed by atoms with Crippen LogP contribution in [0.2, 0.25) is 0 Å². The minimum absolute atomic E-state index is 0.474. The molecule has 0 amide bonds. The minimum Gasteiger partial charge on any atom is -0.384 e. The molecule has 3 N–H and O–H groups in total. The van der Waals surface area contributed by atoms with E-state index in [1.54, 1.807) is 0 Å². The van der Waals surface area contributed by atoms with Crippen LogP contribution < -0.4 is 10.6 Å². The van der Waals surface area contributed by atoms with Crippen LogP contribution in [0, 0.1) is 13.8 Å². The van der Waals surface area contributed by atoms with E-state index >= 15 is 0 Å². The normalized spacial score (nSPS) is 11.0. The highest BCUT2D eigenvalue weighted by molar-refractivity contribution is 5.94. The lowest BCUT2D eigenvalue weighted by Gasteiger charge is -2.15. The molecule has 0 fully saturated rings. The third-order valence-electron chi connectivity index (χ3n) is 3.58. The zero-order chi connectivity index (χ0) is 15.1. The maximum Gasteiger partial charge on any atom is 0.225 e. The smallest absolute Gasteiger partial charge is 0.225 e. The molecular formula is C15H18N6. The van der Waals surface area contributed by atoms with Crippen LogP contribution in [-0.4, -0.2) is 34.0 Å². The predicted molar refractivity (Wildman–Crippen MR) is 85.3 cm³/mol. The van der Waals surface area contributed by atoms with Crippen LogP contribution in [0.15, 0.2) is 18.3 Å². The van der Waals surface area contributed by atoms with Crippen molar-refractivity contribution in [2.24, 2.45) is 0 Å². The number of pyridine rings is 1. The van der Waals surface area contributed by atoms with Gasteiger partial charge in [0.1, 0.15) is 11.5 Å². The number of nitrogens with one attached hydrogen (secondary N) is 1. The first-order valence-electron chi connectivity index (χ1n) is 6.74. The van der Waals surface area contributed by atoms with E-state index < -0.39 is 0 Å². The summed E-state index contributed by atoms with van der Waals surface area (Å²) in [6.45, 7) is 4.02. The van der Waals surface area contributed by atoms with Crippen molar-refractivity contribution < 1.29 is 0 Å². The summed E-state index contributed by atoms with van der Waals surface area (Å²) in [7, 11) is 3.86. The quantitative estimate of drug-likeness (QED) is 0.753. The standard InChI is InChI=1S/C15H18N6/c1-8-9(2)18-15(21(3)4)20-13(8)11-7-12(16)19-14-10(11)5-6-17-14/h5-7H,1-4H3,(H3,16,17,19). The van der Waals surface area contributed by atoms with Gasteiger partial charge in [0.15, 0.2) is 0 Å². The lowest BCUT2D eigenvalue weighted by atomic mass is 10.0. The summed E-state index contributed by atoms with van der Waals surface area (Å²) in [5, 5.41) is 1.01. The molecule has 0 spiro atoms. The summed E-state index contributed by atoms with van der Waals surface area (Å²) >= 11 is 0. The van der Waals surface area contributed by atoms with Gasteiger partial charge in [-0.2, -0.15) is 0 Å². The summed E-state index contributed by atoms with van der Waals surface area (Å²) in [5.41, 5.74) is 10.6. The number of aromatic nitrogens is 4. The molecule has 0 aliphatic rings. The third kappa shape index (κ3) is 2.18. The highest BCUT2D eigenvalue weighted by Gasteiger charge is 2.15. The Morgan fingerprint density at radius 1 is 1.14 bits per heavy atom. The first-order valence-corrected chi connectivity index (χ1v) is 6.74. The summed E-state index contributed by atoms with van der Waals surface area (Å²) in [5.74, 6) is 1.16. The highest BCUT2D eigenvalue weighted by atomic mass is 15.2. The van der Waals surface area contributed by atoms with Gasteiger partial charge in [-0.15, -0.1) is 0 Å². The Morgan fingerprint density at radius 3 is 2.62 bits per heavy atom. The SMILES string of the molecule is Cc1nc(N(C)C)nc(-c2cc(N)nc3[nH]ccc23)c1C. The first-order chi connectivity index (χ1) is 9.97. The molecule has 6 nitrogen and oxygen atoms in total. The lowest BCUT2D eigenvalue weighted by Crippen LogP contribution is -2.14. The van der Waals surface area contributed by atoms with Gasteiger partial charge in [0.25, 0.3) is 0 Å². The minimum atomic E-state index is 0.474. The molecule has 3 heterocycles. The third-order valence-corrected chi connectivity index (χ3v) is 3.58. The number of H-pyrrole nitrogens is 1. The number of nitrogens with zero attached hydrogens (tertiary/aromatic N) is 4. The Morgan fingerprint density at radius 2 is 1.90 bits per heavy atom. The van der Waals surface area contributed by atoms with Crippen molar-refractivity contribution >= 4 is 22.8 Å². The monoisotopic (exact) mass is 282 g/mol. The van der Waals surface area contributed by atoms with Crippen molar-refractivity contribution in [3.63, 3.8) is 0 Å². The van der Waals surface area contributed by atoms with Gasteiger partial charge in [0, 0.05) is 36.9 Å². The summed E-state index contributed by atoms with van der Waals surface area (Å²) in [6, 6.07) is 3.85. The zero-order valence-corrected chi connectivity index (χ0v) is 12.6. The number of fused-ring (bicyclic) bond motifs is 1. The fourth-order valence-electron chi connectivity index (χ4n) is 2.33. The van der Waals surface area contributed by atoms with Gasteiger partial charge < -0.3 is 15.6 Å². The summed E-state index contributed by atoms with van der Waals surface area (Å²) < 4.78 is 0. The molecule has 0 bridgehead atoms. The van der Waals surface area contributed by atoms with Crippen molar-refractivity contribution in [1.82, 2.24) is 19.9 Å². The molecule has 0 atom stereocenters. The second-order valence-corrected chi connectivity index (χ2v) is 5.31. The molecule has 0 radical (unpaired) electrons. The molecule has 21 heavy (non-hydrogen) atoms. The van der Waals surface area contributed by atoms with Crippen molar-refractivity contribution in [2.45, 2.75) is 13.8 Å². The number of anilines is 2. The number of hydrogen-bond donors (Lipinski definition) is 2. The predicted octanol–water partition coefficient (Wildman–Crippen LogP) is 2.28. The number of aryl methyl sites for hydroxylation is 1. The summed E-state index contributed by atoms with van der Waals surface area (Å²) in [6.07, 6.45) is 1.86. The van der Waals surface area contributed by atoms with Crippen LogP contribution in [0.3, 0.4) is 0 Å². The Bertz CT molecular complexity index is 818. The van der Waals surface area contributed by atoms with Crippen LogP contribution >= 0.6 is 0 Å². The van der Waals surface area contributed by atoms with Crippen LogP contribution in [0.1, 0.15) is 11.3 Å². The highest BCUT2D eigenvalue weighted by Crippen LogP contribution is 2.31. The molecule has 0 unspecified atom stereocenters. The van der Waals surface area contributed by atoms with Gasteiger partial charge in [0.2, 0.25) is 5.95 Å². The number of nitrogens with two attached hydrogens (primary N) is 1. The maximum absolute atomic E-state index is 5.92. The molecular weight excluding hydrogens is 264 g/mol. The zero-order valence-electron chi connectivity index (χ0n) is 12.6. The number of nitrogen functional groups attached to an aromatic ring is 1. The van der Waals surface area contributed by atoms with E-state index in [9.17, 15) is 0 Å². The number of hydrogen-bond acceptors (Lipinski definition) is 5. The van der Waals surface area contributed by atoms with E-state index in [1.165, 1.54) is 0 Å². The molecule has 0 aliphatic heterocycles. The Hall–Kier alpha value is -2.63. The van der Waals surface area contributed by atoms with Gasteiger partial charge in [-0.25, -0.2) is 15.0 Å². The average Bonchev–Trinajstić information content (AvgIpc) is 2.88. The second-order valence-electron chi connectivity index (χ2n) is 5.31. The van der Waals surface area contributed by atoms with E-state index in [2.05, 4.69) is 15.0 Å². The largest absolute Gasteiger partial charge is 0.384 e. The average molecular weight is 282 g/mol. The molecule has 108 valence electrons. The van der Waals surface area contributed by atoms with Crippen molar-refractivity contribution in [3.05, 3.63) is 29.6 Å². The van der Waals surface area contributed by atoms with Gasteiger partial charge in [-0.1, -0.05) is 0 Å². The van der Waals surface area contributed by atoms with Crippen LogP contribution in [-0.2, 0) is 0 Å². The lowest BCUT2D eigenvalue weighted by molar-refractivity contribution is 0.967. The van der Waals surface area contributed by atoms with Gasteiger partial charge in [0.05, 0.1) is 5.69 Å². The van der Waals surface area contributed by atoms with Crippen LogP contribution in [0.25, 0.3) is 22.3 Å². The fourth-order valence-corrected chi connectivity index (χ4v) is 2.33. The topological polar surface area (TPSA) is 83.7 Å². The molecule has 3 aromatic heterocycles. The Labute approximate surface area is 123 Å². The molecule has 3 aromatic rings. The van der Waals surface area contributed by atoms with E-state index in [1.807, 2.05) is 51.2 Å². The molecule has 6 heteroatoms. The number of rotatable bonds is 2. The van der Waals surface area contributed by atoms with E-state index in [-0.39, 0.29) is 0 Å². The van der Waals surface area contributed by atoms with Crippen molar-refractivity contribution in [3.8, 4) is 11.3 Å². The molecule has 0 aromatic carbocycles. The van der Waals surface area contributed by atoms with E-state index in [0.29, 0.717) is 11.8 Å². The Kier molecular flexibility index (Phi) is 3.01. The second kappa shape index (κ2) is 4.73. The molecule has 0 saturated carbocycles. The van der Waals surface area contributed by atoms with E-state index in [4.69, 9.17) is 10.7 Å². The van der Waals surface area contributed by atoms with Crippen LogP contribution in [0.4, 0.5) is 11.8 Å². The van der Waals surface area contributed by atoms with Crippen molar-refractivity contribution in [1.29, 1.82) is 0 Å².